The van der Waals surface area contributed by atoms with Crippen LogP contribution in [0, 0.1) is 11.8 Å². The number of esters is 1. The molecule has 5 nitrogen and oxygen atoms in total. The molecule has 1 N–H and O–H groups in total. The van der Waals surface area contributed by atoms with Crippen molar-refractivity contribution >= 4 is 11.9 Å². The first-order valence-corrected chi connectivity index (χ1v) is 8.95. The predicted molar refractivity (Wildman–Crippen MR) is 96.7 cm³/mol. The summed E-state index contributed by atoms with van der Waals surface area (Å²) in [6.07, 6.45) is 5.84. The molecule has 0 aliphatic carbocycles. The number of aryl methyl sites for hydroxylation is 1. The zero-order chi connectivity index (χ0) is 18.7. The van der Waals surface area contributed by atoms with E-state index in [2.05, 4.69) is 4.74 Å². The van der Waals surface area contributed by atoms with Crippen molar-refractivity contribution < 1.29 is 24.2 Å². The Morgan fingerprint density at radius 3 is 2.48 bits per heavy atom. The van der Waals surface area contributed by atoms with Crippen LogP contribution in [0.1, 0.15) is 51.5 Å². The molecule has 0 unspecified atom stereocenters. The molecule has 0 spiro atoms. The topological polar surface area (TPSA) is 72.8 Å². The van der Waals surface area contributed by atoms with Crippen LogP contribution in [0.25, 0.3) is 0 Å². The van der Waals surface area contributed by atoms with E-state index in [0.29, 0.717) is 5.75 Å². The summed E-state index contributed by atoms with van der Waals surface area (Å²) in [7, 11) is 1.34. The number of carboxylic acids is 1. The van der Waals surface area contributed by atoms with Crippen molar-refractivity contribution in [3.63, 3.8) is 0 Å². The normalized spacial score (nSPS) is 12.0. The first-order valence-electron chi connectivity index (χ1n) is 8.95. The van der Waals surface area contributed by atoms with E-state index in [1.165, 1.54) is 12.7 Å². The van der Waals surface area contributed by atoms with Gasteiger partial charge in [-0.1, -0.05) is 45.2 Å². The molecular formula is C20H30O5. The van der Waals surface area contributed by atoms with Crippen molar-refractivity contribution in [1.29, 1.82) is 0 Å². The SMILES string of the molecule is COC(=O)COc1cccc(CCCCCC[C@H](C(=O)O)C(C)C)c1. The molecule has 1 rings (SSSR count). The van der Waals surface area contributed by atoms with Gasteiger partial charge in [0.15, 0.2) is 6.61 Å². The molecule has 0 aliphatic rings. The smallest absolute Gasteiger partial charge is 0.343 e. The molecule has 1 aromatic carbocycles. The molecular weight excluding hydrogens is 320 g/mol. The van der Waals surface area contributed by atoms with Crippen LogP contribution in [0.2, 0.25) is 0 Å². The minimum Gasteiger partial charge on any atom is -0.482 e. The molecule has 0 saturated heterocycles. The van der Waals surface area contributed by atoms with Crippen LogP contribution < -0.4 is 4.74 Å². The van der Waals surface area contributed by atoms with Crippen LogP contribution in [0.15, 0.2) is 24.3 Å². The second-order valence-electron chi connectivity index (χ2n) is 6.65. The zero-order valence-corrected chi connectivity index (χ0v) is 15.5. The summed E-state index contributed by atoms with van der Waals surface area (Å²) in [5.41, 5.74) is 1.17. The van der Waals surface area contributed by atoms with Crippen molar-refractivity contribution in [2.75, 3.05) is 13.7 Å². The molecule has 0 aliphatic heterocycles. The molecule has 0 aromatic heterocycles. The lowest BCUT2D eigenvalue weighted by atomic mass is 9.90. The summed E-state index contributed by atoms with van der Waals surface area (Å²) in [4.78, 5) is 22.2. The molecule has 5 heteroatoms. The number of hydrogen-bond donors (Lipinski definition) is 1. The van der Waals surface area contributed by atoms with Gasteiger partial charge in [-0.15, -0.1) is 0 Å². The lowest BCUT2D eigenvalue weighted by Crippen LogP contribution is -2.19. The lowest BCUT2D eigenvalue weighted by molar-refractivity contribution is -0.144. The highest BCUT2D eigenvalue weighted by Crippen LogP contribution is 2.20. The fourth-order valence-corrected chi connectivity index (χ4v) is 2.78. The van der Waals surface area contributed by atoms with Crippen LogP contribution in [0.3, 0.4) is 0 Å². The molecule has 0 saturated carbocycles. The Morgan fingerprint density at radius 1 is 1.12 bits per heavy atom. The van der Waals surface area contributed by atoms with E-state index < -0.39 is 11.9 Å². The third-order valence-corrected chi connectivity index (χ3v) is 4.34. The Labute approximate surface area is 150 Å². The van der Waals surface area contributed by atoms with Gasteiger partial charge in [-0.05, 0) is 42.9 Å². The number of carbonyl (C=O) groups is 2. The molecule has 140 valence electrons. The lowest BCUT2D eigenvalue weighted by Gasteiger charge is -2.15. The third kappa shape index (κ3) is 8.57. The molecule has 0 amide bonds. The minimum absolute atomic E-state index is 0.0828. The highest BCUT2D eigenvalue weighted by Gasteiger charge is 2.20. The van der Waals surface area contributed by atoms with Gasteiger partial charge in [-0.3, -0.25) is 4.79 Å². The zero-order valence-electron chi connectivity index (χ0n) is 15.5. The van der Waals surface area contributed by atoms with Gasteiger partial charge >= 0.3 is 11.9 Å². The maximum atomic E-state index is 11.2. The number of unbranched alkanes of at least 4 members (excludes halogenated alkanes) is 3. The monoisotopic (exact) mass is 350 g/mol. The summed E-state index contributed by atoms with van der Waals surface area (Å²) < 4.78 is 9.94. The Hall–Kier alpha value is -2.04. The fourth-order valence-electron chi connectivity index (χ4n) is 2.78. The highest BCUT2D eigenvalue weighted by molar-refractivity contribution is 5.71. The predicted octanol–water partition coefficient (Wildman–Crippen LogP) is 4.09. The van der Waals surface area contributed by atoms with E-state index in [4.69, 9.17) is 4.74 Å². The van der Waals surface area contributed by atoms with Crippen molar-refractivity contribution in [1.82, 2.24) is 0 Å². The molecule has 0 heterocycles. The number of rotatable bonds is 12. The number of carbonyl (C=O) groups excluding carboxylic acids is 1. The van der Waals surface area contributed by atoms with Crippen LogP contribution >= 0.6 is 0 Å². The van der Waals surface area contributed by atoms with Gasteiger partial charge in [0, 0.05) is 0 Å². The van der Waals surface area contributed by atoms with Gasteiger partial charge in [0.05, 0.1) is 13.0 Å². The first-order chi connectivity index (χ1) is 11.9. The third-order valence-electron chi connectivity index (χ3n) is 4.34. The van der Waals surface area contributed by atoms with Crippen molar-refractivity contribution in [3.8, 4) is 5.75 Å². The average molecular weight is 350 g/mol. The van der Waals surface area contributed by atoms with E-state index in [9.17, 15) is 14.7 Å². The summed E-state index contributed by atoms with van der Waals surface area (Å²) in [6, 6.07) is 7.73. The number of aliphatic carboxylic acids is 1. The van der Waals surface area contributed by atoms with Crippen molar-refractivity contribution in [3.05, 3.63) is 29.8 Å². The quantitative estimate of drug-likeness (QED) is 0.454. The maximum Gasteiger partial charge on any atom is 0.343 e. The van der Waals surface area contributed by atoms with E-state index in [-0.39, 0.29) is 18.4 Å². The fraction of sp³-hybridized carbons (Fsp3) is 0.600. The maximum absolute atomic E-state index is 11.2. The summed E-state index contributed by atoms with van der Waals surface area (Å²) in [5.74, 6) is -0.455. The second-order valence-corrected chi connectivity index (χ2v) is 6.65. The number of hydrogen-bond acceptors (Lipinski definition) is 4. The van der Waals surface area contributed by atoms with Crippen LogP contribution in [0.4, 0.5) is 0 Å². The average Bonchev–Trinajstić information content (AvgIpc) is 2.58. The number of ether oxygens (including phenoxy) is 2. The Balaban J connectivity index is 2.25. The first kappa shape index (κ1) is 21.0. The van der Waals surface area contributed by atoms with Gasteiger partial charge in [-0.25, -0.2) is 4.79 Å². The number of methoxy groups -OCH3 is 1. The van der Waals surface area contributed by atoms with Crippen LogP contribution in [-0.2, 0) is 20.7 Å². The molecule has 1 atom stereocenters. The Bertz CT molecular complexity index is 539. The van der Waals surface area contributed by atoms with Crippen molar-refractivity contribution in [2.24, 2.45) is 11.8 Å². The van der Waals surface area contributed by atoms with E-state index in [0.717, 1.165) is 38.5 Å². The Morgan fingerprint density at radius 2 is 1.84 bits per heavy atom. The van der Waals surface area contributed by atoms with E-state index in [1.54, 1.807) is 0 Å². The summed E-state index contributed by atoms with van der Waals surface area (Å²) in [5, 5.41) is 9.17. The Kier molecular flexibility index (Phi) is 9.66. The van der Waals surface area contributed by atoms with Gasteiger partial charge in [0.2, 0.25) is 0 Å². The number of carboxylic acid groups (broad SMARTS) is 1. The van der Waals surface area contributed by atoms with Gasteiger partial charge in [-0.2, -0.15) is 0 Å². The second kappa shape index (κ2) is 11.5. The molecule has 1 aromatic rings. The standard InChI is InChI=1S/C20H30O5/c1-15(2)18(20(22)23)12-7-5-4-6-9-16-10-8-11-17(13-16)25-14-19(21)24-3/h8,10-11,13,15,18H,4-7,9,12,14H2,1-3H3,(H,22,23)/t18-/m0/s1. The molecule has 25 heavy (non-hydrogen) atoms. The summed E-state index contributed by atoms with van der Waals surface area (Å²) in [6.45, 7) is 3.85. The van der Waals surface area contributed by atoms with Crippen molar-refractivity contribution in [2.45, 2.75) is 52.4 Å². The molecule has 0 radical (unpaired) electrons. The molecule has 0 bridgehead atoms. The highest BCUT2D eigenvalue weighted by atomic mass is 16.6. The van der Waals surface area contributed by atoms with E-state index >= 15 is 0 Å². The van der Waals surface area contributed by atoms with Gasteiger partial charge in [0.25, 0.3) is 0 Å². The largest absolute Gasteiger partial charge is 0.482 e. The minimum atomic E-state index is -0.682. The van der Waals surface area contributed by atoms with E-state index in [1.807, 2.05) is 38.1 Å². The van der Waals surface area contributed by atoms with Crippen LogP contribution in [-0.4, -0.2) is 30.8 Å². The molecule has 0 fully saturated rings. The van der Waals surface area contributed by atoms with Gasteiger partial charge in [0.1, 0.15) is 5.75 Å². The van der Waals surface area contributed by atoms with Gasteiger partial charge < -0.3 is 14.6 Å². The van der Waals surface area contributed by atoms with Crippen LogP contribution in [0.5, 0.6) is 5.75 Å². The summed E-state index contributed by atoms with van der Waals surface area (Å²) >= 11 is 0. The number of benzene rings is 1.